The van der Waals surface area contributed by atoms with E-state index in [0.29, 0.717) is 0 Å². The van der Waals surface area contributed by atoms with Crippen LogP contribution in [0, 0.1) is 0 Å². The van der Waals surface area contributed by atoms with Crippen LogP contribution in [0.2, 0.25) is 0 Å². The number of aromatic nitrogens is 3. The van der Waals surface area contributed by atoms with Crippen LogP contribution >= 0.6 is 0 Å². The highest BCUT2D eigenvalue weighted by atomic mass is 16.3. The lowest BCUT2D eigenvalue weighted by Crippen LogP contribution is -2.18. The van der Waals surface area contributed by atoms with Crippen LogP contribution in [-0.4, -0.2) is 25.2 Å². The summed E-state index contributed by atoms with van der Waals surface area (Å²) in [6.07, 6.45) is 0. The number of benzene rings is 2. The highest BCUT2D eigenvalue weighted by molar-refractivity contribution is 5.41. The van der Waals surface area contributed by atoms with Crippen LogP contribution in [0.3, 0.4) is 0 Å². The fraction of sp³-hybridized carbons (Fsp3) is 0.167. The smallest absolute Gasteiger partial charge is 0.226 e. The SMILES string of the molecule is CC(C)(c1ccc(O)cc1)c1ccc(O)cc1.Nc1nc(N)nc(N)n1. The number of rotatable bonds is 2. The number of hydrogen-bond donors (Lipinski definition) is 5. The quantitative estimate of drug-likeness (QED) is 0.468. The van der Waals surface area contributed by atoms with Crippen LogP contribution in [0.25, 0.3) is 0 Å². The second-order valence-corrected chi connectivity index (χ2v) is 6.13. The molecule has 0 fully saturated rings. The van der Waals surface area contributed by atoms with E-state index in [4.69, 9.17) is 17.2 Å². The van der Waals surface area contributed by atoms with Crippen molar-refractivity contribution in [3.8, 4) is 11.5 Å². The van der Waals surface area contributed by atoms with Gasteiger partial charge in [0.15, 0.2) is 0 Å². The fourth-order valence-corrected chi connectivity index (χ4v) is 2.35. The van der Waals surface area contributed by atoms with Gasteiger partial charge in [-0.25, -0.2) is 0 Å². The van der Waals surface area contributed by atoms with Crippen molar-refractivity contribution in [2.24, 2.45) is 0 Å². The molecule has 0 aliphatic carbocycles. The van der Waals surface area contributed by atoms with E-state index in [1.807, 2.05) is 24.3 Å². The van der Waals surface area contributed by atoms with Crippen molar-refractivity contribution in [1.29, 1.82) is 0 Å². The van der Waals surface area contributed by atoms with Gasteiger partial charge in [0.2, 0.25) is 17.8 Å². The Balaban J connectivity index is 0.000000228. The molecule has 0 radical (unpaired) electrons. The molecule has 3 aromatic rings. The van der Waals surface area contributed by atoms with E-state index in [1.165, 1.54) is 0 Å². The molecule has 0 unspecified atom stereocenters. The highest BCUT2D eigenvalue weighted by Gasteiger charge is 2.22. The summed E-state index contributed by atoms with van der Waals surface area (Å²) >= 11 is 0. The first kappa shape index (κ1) is 18.8. The van der Waals surface area contributed by atoms with E-state index in [-0.39, 0.29) is 34.8 Å². The van der Waals surface area contributed by atoms with Gasteiger partial charge >= 0.3 is 0 Å². The van der Waals surface area contributed by atoms with Gasteiger partial charge in [-0.15, -0.1) is 0 Å². The molecule has 0 spiro atoms. The molecule has 0 saturated carbocycles. The third-order valence-electron chi connectivity index (χ3n) is 3.87. The van der Waals surface area contributed by atoms with Gasteiger partial charge in [0.25, 0.3) is 0 Å². The molecule has 3 rings (SSSR count). The van der Waals surface area contributed by atoms with Crippen molar-refractivity contribution in [3.05, 3.63) is 59.7 Å². The Hall–Kier alpha value is -3.55. The summed E-state index contributed by atoms with van der Waals surface area (Å²) < 4.78 is 0. The standard InChI is InChI=1S/C15H16O2.C3H6N6/c1-15(2,11-3-7-13(16)8-4-11)12-5-9-14(17)10-6-12;4-1-7-2(5)9-3(6)8-1/h3-10,16-17H,1-2H3;(H6,4,5,6,7,8,9). The highest BCUT2D eigenvalue weighted by Crippen LogP contribution is 2.32. The lowest BCUT2D eigenvalue weighted by molar-refractivity contribution is 0.474. The van der Waals surface area contributed by atoms with E-state index in [0.717, 1.165) is 11.1 Å². The van der Waals surface area contributed by atoms with E-state index >= 15 is 0 Å². The third kappa shape index (κ3) is 4.73. The van der Waals surface area contributed by atoms with Crippen molar-refractivity contribution in [2.45, 2.75) is 19.3 Å². The number of phenols is 2. The second kappa shape index (κ2) is 7.56. The molecule has 0 atom stereocenters. The molecule has 0 aliphatic heterocycles. The summed E-state index contributed by atoms with van der Waals surface area (Å²) in [4.78, 5) is 10.5. The Bertz CT molecular complexity index is 766. The molecule has 2 aromatic carbocycles. The first-order valence-corrected chi connectivity index (χ1v) is 7.80. The Morgan fingerprint density at radius 2 is 0.885 bits per heavy atom. The van der Waals surface area contributed by atoms with Gasteiger partial charge in [-0.05, 0) is 35.4 Å². The van der Waals surface area contributed by atoms with Gasteiger partial charge in [-0.2, -0.15) is 15.0 Å². The van der Waals surface area contributed by atoms with Crippen LogP contribution in [-0.2, 0) is 5.41 Å². The Morgan fingerprint density at radius 3 is 1.15 bits per heavy atom. The van der Waals surface area contributed by atoms with Gasteiger partial charge in [0, 0.05) is 5.41 Å². The number of anilines is 3. The van der Waals surface area contributed by atoms with Crippen LogP contribution in [0.15, 0.2) is 48.5 Å². The Labute approximate surface area is 151 Å². The normalized spacial score (nSPS) is 10.7. The lowest BCUT2D eigenvalue weighted by atomic mass is 9.78. The zero-order valence-corrected chi connectivity index (χ0v) is 14.6. The van der Waals surface area contributed by atoms with E-state index < -0.39 is 0 Å². The maximum atomic E-state index is 9.30. The van der Waals surface area contributed by atoms with Crippen molar-refractivity contribution in [1.82, 2.24) is 15.0 Å². The van der Waals surface area contributed by atoms with Gasteiger partial charge in [0.05, 0.1) is 0 Å². The molecule has 26 heavy (non-hydrogen) atoms. The summed E-state index contributed by atoms with van der Waals surface area (Å²) in [5.41, 5.74) is 17.5. The van der Waals surface area contributed by atoms with E-state index in [9.17, 15) is 10.2 Å². The maximum Gasteiger partial charge on any atom is 0.226 e. The average molecular weight is 354 g/mol. The molecule has 8 nitrogen and oxygen atoms in total. The predicted octanol–water partition coefficient (Wildman–Crippen LogP) is 2.04. The molecule has 0 aliphatic rings. The number of hydrogen-bond acceptors (Lipinski definition) is 8. The second-order valence-electron chi connectivity index (χ2n) is 6.13. The zero-order chi connectivity index (χ0) is 19.3. The topological polar surface area (TPSA) is 157 Å². The van der Waals surface area contributed by atoms with Crippen molar-refractivity contribution in [2.75, 3.05) is 17.2 Å². The minimum absolute atomic E-state index is 0.0417. The molecule has 1 heterocycles. The largest absolute Gasteiger partial charge is 0.508 e. The maximum absolute atomic E-state index is 9.30. The Kier molecular flexibility index (Phi) is 5.46. The first-order chi connectivity index (χ1) is 12.2. The van der Waals surface area contributed by atoms with Gasteiger partial charge in [-0.1, -0.05) is 38.1 Å². The summed E-state index contributed by atoms with van der Waals surface area (Å²) in [5, 5.41) is 18.6. The van der Waals surface area contributed by atoms with Crippen LogP contribution in [0.5, 0.6) is 11.5 Å². The molecule has 0 bridgehead atoms. The van der Waals surface area contributed by atoms with Gasteiger partial charge in [0.1, 0.15) is 11.5 Å². The van der Waals surface area contributed by atoms with Crippen LogP contribution in [0.4, 0.5) is 17.8 Å². The van der Waals surface area contributed by atoms with E-state index in [2.05, 4.69) is 28.8 Å². The number of nitrogen functional groups attached to an aromatic ring is 3. The predicted molar refractivity (Wildman–Crippen MR) is 101 cm³/mol. The van der Waals surface area contributed by atoms with E-state index in [1.54, 1.807) is 24.3 Å². The van der Waals surface area contributed by atoms with Crippen molar-refractivity contribution >= 4 is 17.8 Å². The lowest BCUT2D eigenvalue weighted by Gasteiger charge is -2.26. The molecule has 136 valence electrons. The summed E-state index contributed by atoms with van der Waals surface area (Å²) in [6.45, 7) is 4.23. The number of nitrogens with two attached hydrogens (primary N) is 3. The average Bonchev–Trinajstić information content (AvgIpc) is 2.55. The van der Waals surface area contributed by atoms with Crippen LogP contribution in [0.1, 0.15) is 25.0 Å². The fourth-order valence-electron chi connectivity index (χ4n) is 2.35. The summed E-state index contributed by atoms with van der Waals surface area (Å²) in [5.74, 6) is 0.672. The molecule has 8 heteroatoms. The monoisotopic (exact) mass is 354 g/mol. The first-order valence-electron chi connectivity index (χ1n) is 7.80. The van der Waals surface area contributed by atoms with Gasteiger partial charge < -0.3 is 27.4 Å². The Morgan fingerprint density at radius 1 is 0.615 bits per heavy atom. The van der Waals surface area contributed by atoms with Crippen molar-refractivity contribution in [3.63, 3.8) is 0 Å². The molecule has 0 saturated heterocycles. The minimum atomic E-state index is -0.151. The summed E-state index contributed by atoms with van der Waals surface area (Å²) in [6, 6.07) is 14.4. The summed E-state index contributed by atoms with van der Waals surface area (Å²) in [7, 11) is 0. The van der Waals surface area contributed by atoms with Crippen molar-refractivity contribution < 1.29 is 10.2 Å². The molecular formula is C18H22N6O2. The van der Waals surface area contributed by atoms with Gasteiger partial charge in [-0.3, -0.25) is 0 Å². The molecular weight excluding hydrogens is 332 g/mol. The molecule has 8 N–H and O–H groups in total. The third-order valence-corrected chi connectivity index (χ3v) is 3.87. The van der Waals surface area contributed by atoms with Crippen LogP contribution < -0.4 is 17.2 Å². The minimum Gasteiger partial charge on any atom is -0.508 e. The number of nitrogens with zero attached hydrogens (tertiary/aromatic N) is 3. The number of phenolic OH excluding ortho intramolecular Hbond substituents is 2. The number of aromatic hydroxyl groups is 2. The molecule has 1 aromatic heterocycles. The molecule has 0 amide bonds. The zero-order valence-electron chi connectivity index (χ0n) is 14.6.